The Morgan fingerprint density at radius 3 is 3.12 bits per heavy atom. The van der Waals surface area contributed by atoms with Crippen molar-refractivity contribution in [1.82, 2.24) is 19.5 Å². The Labute approximate surface area is 96.7 Å². The minimum atomic E-state index is -0.663. The van der Waals surface area contributed by atoms with Crippen LogP contribution in [0.1, 0.15) is 12.6 Å². The van der Waals surface area contributed by atoms with Crippen molar-refractivity contribution in [2.45, 2.75) is 24.9 Å². The van der Waals surface area contributed by atoms with E-state index in [1.54, 1.807) is 17.1 Å². The molecular weight excluding hydrogens is 224 g/mol. The lowest BCUT2D eigenvalue weighted by Crippen LogP contribution is -2.24. The van der Waals surface area contributed by atoms with Gasteiger partial charge in [-0.2, -0.15) is 0 Å². The normalized spacial score (nSPS) is 28.9. The summed E-state index contributed by atoms with van der Waals surface area (Å²) in [5.41, 5.74) is 1.34. The van der Waals surface area contributed by atoms with Crippen LogP contribution in [0.5, 0.6) is 0 Å². The van der Waals surface area contributed by atoms with Crippen LogP contribution in [-0.2, 0) is 4.74 Å². The molecule has 3 rings (SSSR count). The summed E-state index contributed by atoms with van der Waals surface area (Å²) in [6.45, 7) is -0.195. The molecule has 1 aliphatic rings. The molecule has 0 amide bonds. The summed E-state index contributed by atoms with van der Waals surface area (Å²) in [7, 11) is 0. The van der Waals surface area contributed by atoms with E-state index in [-0.39, 0.29) is 12.8 Å². The Hall–Kier alpha value is -1.57. The number of aromatic nitrogens is 4. The first-order valence-corrected chi connectivity index (χ1v) is 5.36. The zero-order valence-electron chi connectivity index (χ0n) is 8.97. The molecule has 2 aromatic rings. The molecule has 7 heteroatoms. The van der Waals surface area contributed by atoms with E-state index >= 15 is 0 Å². The molecule has 0 aliphatic carbocycles. The number of nitrogens with zero attached hydrogens (tertiary/aromatic N) is 4. The van der Waals surface area contributed by atoms with Gasteiger partial charge in [0.2, 0.25) is 0 Å². The molecule has 0 spiro atoms. The van der Waals surface area contributed by atoms with Crippen molar-refractivity contribution in [1.29, 1.82) is 0 Å². The van der Waals surface area contributed by atoms with Crippen LogP contribution in [0.15, 0.2) is 18.9 Å². The van der Waals surface area contributed by atoms with Gasteiger partial charge in [-0.25, -0.2) is 15.0 Å². The lowest BCUT2D eigenvalue weighted by atomic mass is 10.2. The first-order valence-electron chi connectivity index (χ1n) is 5.36. The average molecular weight is 236 g/mol. The molecule has 1 fully saturated rings. The predicted octanol–water partition coefficient (Wildman–Crippen LogP) is -0.533. The second kappa shape index (κ2) is 4.02. The quantitative estimate of drug-likeness (QED) is 0.728. The zero-order valence-corrected chi connectivity index (χ0v) is 8.97. The van der Waals surface area contributed by atoms with Crippen LogP contribution in [0.2, 0.25) is 0 Å². The first-order chi connectivity index (χ1) is 8.29. The van der Waals surface area contributed by atoms with Gasteiger partial charge in [-0.1, -0.05) is 0 Å². The van der Waals surface area contributed by atoms with E-state index in [1.165, 1.54) is 6.33 Å². The van der Waals surface area contributed by atoms with Crippen LogP contribution in [0.25, 0.3) is 11.2 Å². The van der Waals surface area contributed by atoms with E-state index in [2.05, 4.69) is 15.0 Å². The fourth-order valence-electron chi connectivity index (χ4n) is 2.05. The highest BCUT2D eigenvalue weighted by Gasteiger charge is 2.35. The Balaban J connectivity index is 1.95. The fourth-order valence-corrected chi connectivity index (χ4v) is 2.05. The maximum atomic E-state index is 9.68. The standard InChI is InChI=1S/C10H12N4O3/c15-3-8-7(16)1-9(17-8)14-5-13-6-2-11-4-12-10(6)14/h2,4-5,7-9,15-16H,1,3H2/t7-,8+,9+/m0/s1. The van der Waals surface area contributed by atoms with Crippen LogP contribution < -0.4 is 0 Å². The zero-order chi connectivity index (χ0) is 11.8. The Kier molecular flexibility index (Phi) is 2.50. The van der Waals surface area contributed by atoms with E-state index < -0.39 is 12.2 Å². The number of aliphatic hydroxyl groups is 2. The molecule has 1 saturated heterocycles. The highest BCUT2D eigenvalue weighted by molar-refractivity contribution is 5.68. The molecule has 7 nitrogen and oxygen atoms in total. The van der Waals surface area contributed by atoms with Gasteiger partial charge in [-0.3, -0.25) is 4.57 Å². The molecule has 2 aromatic heterocycles. The molecule has 0 radical (unpaired) electrons. The number of hydrogen-bond donors (Lipinski definition) is 2. The van der Waals surface area contributed by atoms with E-state index in [9.17, 15) is 5.11 Å². The highest BCUT2D eigenvalue weighted by atomic mass is 16.5. The van der Waals surface area contributed by atoms with E-state index in [4.69, 9.17) is 9.84 Å². The van der Waals surface area contributed by atoms with Gasteiger partial charge in [0, 0.05) is 6.42 Å². The van der Waals surface area contributed by atoms with Crippen LogP contribution in [0.4, 0.5) is 0 Å². The predicted molar refractivity (Wildman–Crippen MR) is 56.9 cm³/mol. The second-order valence-electron chi connectivity index (χ2n) is 4.00. The lowest BCUT2D eigenvalue weighted by Gasteiger charge is -2.13. The Morgan fingerprint density at radius 1 is 1.47 bits per heavy atom. The second-order valence-corrected chi connectivity index (χ2v) is 4.00. The van der Waals surface area contributed by atoms with E-state index in [0.29, 0.717) is 17.6 Å². The number of imidazole rings is 1. The minimum absolute atomic E-state index is 0.195. The maximum Gasteiger partial charge on any atom is 0.165 e. The lowest BCUT2D eigenvalue weighted by molar-refractivity contribution is -0.0432. The molecule has 2 N–H and O–H groups in total. The van der Waals surface area contributed by atoms with Crippen molar-refractivity contribution in [3.05, 3.63) is 18.9 Å². The molecule has 1 aliphatic heterocycles. The van der Waals surface area contributed by atoms with E-state index in [0.717, 1.165) is 0 Å². The molecule has 0 unspecified atom stereocenters. The van der Waals surface area contributed by atoms with Crippen LogP contribution in [-0.4, -0.2) is 48.5 Å². The van der Waals surface area contributed by atoms with Gasteiger partial charge in [-0.05, 0) is 0 Å². The van der Waals surface area contributed by atoms with Gasteiger partial charge in [0.05, 0.1) is 25.2 Å². The van der Waals surface area contributed by atoms with Crippen LogP contribution >= 0.6 is 0 Å². The average Bonchev–Trinajstić information content (AvgIpc) is 2.92. The van der Waals surface area contributed by atoms with Crippen molar-refractivity contribution in [3.63, 3.8) is 0 Å². The van der Waals surface area contributed by atoms with Crippen molar-refractivity contribution in [2.24, 2.45) is 0 Å². The smallest absolute Gasteiger partial charge is 0.165 e. The minimum Gasteiger partial charge on any atom is -0.394 e. The molecule has 3 atom stereocenters. The third-order valence-corrected chi connectivity index (χ3v) is 2.93. The SMILES string of the molecule is OC[C@H]1O[C@@H](n2cnc3cncnc32)C[C@@H]1O. The summed E-state index contributed by atoms with van der Waals surface area (Å²) in [5.74, 6) is 0. The van der Waals surface area contributed by atoms with E-state index in [1.807, 2.05) is 0 Å². The number of hydrogen-bond acceptors (Lipinski definition) is 6. The van der Waals surface area contributed by atoms with Crippen molar-refractivity contribution in [2.75, 3.05) is 6.61 Å². The molecule has 0 bridgehead atoms. The highest BCUT2D eigenvalue weighted by Crippen LogP contribution is 2.30. The van der Waals surface area contributed by atoms with Crippen molar-refractivity contribution < 1.29 is 14.9 Å². The largest absolute Gasteiger partial charge is 0.394 e. The third-order valence-electron chi connectivity index (χ3n) is 2.93. The monoisotopic (exact) mass is 236 g/mol. The molecule has 0 aromatic carbocycles. The van der Waals surface area contributed by atoms with Crippen molar-refractivity contribution >= 4 is 11.2 Å². The molecule has 3 heterocycles. The van der Waals surface area contributed by atoms with Gasteiger partial charge in [0.25, 0.3) is 0 Å². The van der Waals surface area contributed by atoms with Crippen LogP contribution in [0, 0.1) is 0 Å². The summed E-state index contributed by atoms with van der Waals surface area (Å²) < 4.78 is 7.28. The summed E-state index contributed by atoms with van der Waals surface area (Å²) in [6, 6.07) is 0. The van der Waals surface area contributed by atoms with Gasteiger partial charge in [0.15, 0.2) is 5.65 Å². The van der Waals surface area contributed by atoms with Gasteiger partial charge < -0.3 is 14.9 Å². The topological polar surface area (TPSA) is 93.3 Å². The van der Waals surface area contributed by atoms with Gasteiger partial charge in [-0.15, -0.1) is 0 Å². The summed E-state index contributed by atoms with van der Waals surface area (Å²) >= 11 is 0. The molecule has 17 heavy (non-hydrogen) atoms. The van der Waals surface area contributed by atoms with Gasteiger partial charge >= 0.3 is 0 Å². The molecule has 90 valence electrons. The number of fused-ring (bicyclic) bond motifs is 1. The Morgan fingerprint density at radius 2 is 2.35 bits per heavy atom. The van der Waals surface area contributed by atoms with Crippen molar-refractivity contribution in [3.8, 4) is 0 Å². The number of ether oxygens (including phenoxy) is 1. The summed E-state index contributed by atoms with van der Waals surface area (Å²) in [5, 5.41) is 18.7. The fraction of sp³-hybridized carbons (Fsp3) is 0.500. The number of aliphatic hydroxyl groups excluding tert-OH is 2. The number of rotatable bonds is 2. The summed E-state index contributed by atoms with van der Waals surface area (Å²) in [6.07, 6.45) is 3.53. The third kappa shape index (κ3) is 1.68. The van der Waals surface area contributed by atoms with Crippen LogP contribution in [0.3, 0.4) is 0 Å². The first kappa shape index (κ1) is 10.6. The molecular formula is C10H12N4O3. The summed E-state index contributed by atoms with van der Waals surface area (Å²) in [4.78, 5) is 12.2. The molecule has 0 saturated carbocycles. The maximum absolute atomic E-state index is 9.68. The Bertz CT molecular complexity index is 529. The van der Waals surface area contributed by atoms with Gasteiger partial charge in [0.1, 0.15) is 24.2 Å².